The molecule has 0 bridgehead atoms. The molecule has 1 atom stereocenters. The molecule has 1 heterocycles. The van der Waals surface area contributed by atoms with E-state index in [-0.39, 0.29) is 24.9 Å². The van der Waals surface area contributed by atoms with Gasteiger partial charge in [0, 0.05) is 31.1 Å². The largest absolute Gasteiger partial charge is 0.401 e. The van der Waals surface area contributed by atoms with Crippen LogP contribution in [0.2, 0.25) is 0 Å². The number of carbonyl (C=O) groups is 1. The summed E-state index contributed by atoms with van der Waals surface area (Å²) in [5, 5.41) is 0. The van der Waals surface area contributed by atoms with Crippen molar-refractivity contribution < 1.29 is 18.0 Å². The van der Waals surface area contributed by atoms with E-state index in [4.69, 9.17) is 0 Å². The summed E-state index contributed by atoms with van der Waals surface area (Å²) in [6.07, 6.45) is -3.57. The van der Waals surface area contributed by atoms with Crippen LogP contribution in [0.4, 0.5) is 13.2 Å². The second kappa shape index (κ2) is 7.13. The Morgan fingerprint density at radius 1 is 1.21 bits per heavy atom. The molecule has 1 amide bonds. The lowest BCUT2D eigenvalue weighted by Crippen LogP contribution is -2.62. The summed E-state index contributed by atoms with van der Waals surface area (Å²) in [4.78, 5) is 15.9. The molecular formula is C18H25F3N2O. The van der Waals surface area contributed by atoms with Crippen LogP contribution in [-0.4, -0.2) is 53.6 Å². The molecule has 1 aliphatic rings. The molecular weight excluding hydrogens is 317 g/mol. The maximum Gasteiger partial charge on any atom is 0.401 e. The number of carbonyl (C=O) groups excluding carboxylic acids is 1. The van der Waals surface area contributed by atoms with Crippen molar-refractivity contribution in [3.05, 3.63) is 35.9 Å². The Balaban J connectivity index is 1.99. The van der Waals surface area contributed by atoms with Crippen LogP contribution in [0.5, 0.6) is 0 Å². The van der Waals surface area contributed by atoms with Gasteiger partial charge >= 0.3 is 6.18 Å². The third-order valence-electron chi connectivity index (χ3n) is 4.46. The molecule has 0 aromatic heterocycles. The number of alkyl halides is 3. The van der Waals surface area contributed by atoms with Gasteiger partial charge in [0.15, 0.2) is 0 Å². The van der Waals surface area contributed by atoms with E-state index >= 15 is 0 Å². The Bertz CT molecular complexity index is 557. The molecule has 134 valence electrons. The normalized spacial score (nSPS) is 20.0. The number of halogens is 3. The van der Waals surface area contributed by atoms with Crippen LogP contribution in [-0.2, 0) is 11.2 Å². The predicted molar refractivity (Wildman–Crippen MR) is 87.6 cm³/mol. The van der Waals surface area contributed by atoms with Crippen molar-refractivity contribution in [1.29, 1.82) is 0 Å². The van der Waals surface area contributed by atoms with E-state index in [9.17, 15) is 18.0 Å². The van der Waals surface area contributed by atoms with E-state index in [0.717, 1.165) is 5.56 Å². The average Bonchev–Trinajstić information content (AvgIpc) is 2.45. The van der Waals surface area contributed by atoms with Gasteiger partial charge in [0.25, 0.3) is 0 Å². The van der Waals surface area contributed by atoms with Crippen molar-refractivity contribution in [1.82, 2.24) is 9.80 Å². The molecule has 1 fully saturated rings. The molecule has 1 saturated heterocycles. The third-order valence-corrected chi connectivity index (χ3v) is 4.46. The maximum absolute atomic E-state index is 12.8. The third kappa shape index (κ3) is 4.97. The fourth-order valence-corrected chi connectivity index (χ4v) is 3.37. The Hall–Kier alpha value is -1.56. The SMILES string of the molecule is C[C@@H](Cc1ccccc1)C(=O)N1CCN(CC(F)(F)F)CC1(C)C. The van der Waals surface area contributed by atoms with Crippen LogP contribution in [0, 0.1) is 5.92 Å². The van der Waals surface area contributed by atoms with E-state index in [0.29, 0.717) is 13.0 Å². The van der Waals surface area contributed by atoms with Crippen LogP contribution < -0.4 is 0 Å². The summed E-state index contributed by atoms with van der Waals surface area (Å²) in [6, 6.07) is 9.77. The van der Waals surface area contributed by atoms with Crippen LogP contribution in [0.1, 0.15) is 26.3 Å². The van der Waals surface area contributed by atoms with E-state index < -0.39 is 18.3 Å². The number of amides is 1. The lowest BCUT2D eigenvalue weighted by molar-refractivity contribution is -0.161. The Kier molecular flexibility index (Phi) is 5.58. The summed E-state index contributed by atoms with van der Waals surface area (Å²) in [5.74, 6) is -0.184. The molecule has 3 nitrogen and oxygen atoms in total. The van der Waals surface area contributed by atoms with Crippen LogP contribution >= 0.6 is 0 Å². The van der Waals surface area contributed by atoms with Gasteiger partial charge in [-0.15, -0.1) is 0 Å². The first-order valence-electron chi connectivity index (χ1n) is 8.23. The second-order valence-corrected chi connectivity index (χ2v) is 7.22. The number of rotatable bonds is 4. The molecule has 0 aliphatic carbocycles. The monoisotopic (exact) mass is 342 g/mol. The fourth-order valence-electron chi connectivity index (χ4n) is 3.37. The summed E-state index contributed by atoms with van der Waals surface area (Å²) >= 11 is 0. The zero-order valence-electron chi connectivity index (χ0n) is 14.4. The summed E-state index contributed by atoms with van der Waals surface area (Å²) < 4.78 is 37.8. The molecule has 0 N–H and O–H groups in total. The average molecular weight is 342 g/mol. The maximum atomic E-state index is 12.8. The summed E-state index contributed by atoms with van der Waals surface area (Å²) in [5.41, 5.74) is 0.484. The Morgan fingerprint density at radius 3 is 2.38 bits per heavy atom. The topological polar surface area (TPSA) is 23.6 Å². The molecule has 1 aromatic carbocycles. The van der Waals surface area contributed by atoms with Gasteiger partial charge in [0.1, 0.15) is 0 Å². The highest BCUT2D eigenvalue weighted by Crippen LogP contribution is 2.26. The van der Waals surface area contributed by atoms with Crippen molar-refractivity contribution in [2.45, 2.75) is 38.9 Å². The number of piperazine rings is 1. The van der Waals surface area contributed by atoms with E-state index in [1.54, 1.807) is 4.90 Å². The van der Waals surface area contributed by atoms with Gasteiger partial charge in [-0.2, -0.15) is 13.2 Å². The van der Waals surface area contributed by atoms with Crippen molar-refractivity contribution in [3.8, 4) is 0 Å². The van der Waals surface area contributed by atoms with Crippen LogP contribution in [0.25, 0.3) is 0 Å². The van der Waals surface area contributed by atoms with Crippen molar-refractivity contribution in [3.63, 3.8) is 0 Å². The first-order chi connectivity index (χ1) is 11.1. The quantitative estimate of drug-likeness (QED) is 0.838. The van der Waals surface area contributed by atoms with Crippen molar-refractivity contribution >= 4 is 5.91 Å². The summed E-state index contributed by atoms with van der Waals surface area (Å²) in [6.45, 7) is 5.46. The highest BCUT2D eigenvalue weighted by Gasteiger charge is 2.41. The van der Waals surface area contributed by atoms with Gasteiger partial charge in [-0.3, -0.25) is 9.69 Å². The van der Waals surface area contributed by atoms with Crippen molar-refractivity contribution in [2.24, 2.45) is 5.92 Å². The minimum absolute atomic E-state index is 0.00973. The second-order valence-electron chi connectivity index (χ2n) is 7.22. The number of nitrogens with zero attached hydrogens (tertiary/aromatic N) is 2. The predicted octanol–water partition coefficient (Wildman–Crippen LogP) is 3.35. The molecule has 2 rings (SSSR count). The van der Waals surface area contributed by atoms with Crippen LogP contribution in [0.3, 0.4) is 0 Å². The number of hydrogen-bond donors (Lipinski definition) is 0. The molecule has 1 aromatic rings. The first-order valence-corrected chi connectivity index (χ1v) is 8.23. The van der Waals surface area contributed by atoms with E-state index in [1.807, 2.05) is 51.1 Å². The molecule has 24 heavy (non-hydrogen) atoms. The fraction of sp³-hybridized carbons (Fsp3) is 0.611. The molecule has 0 radical (unpaired) electrons. The summed E-state index contributed by atoms with van der Waals surface area (Å²) in [7, 11) is 0. The standard InChI is InChI=1S/C18H25F3N2O/c1-14(11-15-7-5-4-6-8-15)16(24)23-10-9-22(12-17(23,2)3)13-18(19,20)21/h4-8,14H,9-13H2,1-3H3/t14-/m0/s1. The molecule has 1 aliphatic heterocycles. The van der Waals surface area contributed by atoms with Gasteiger partial charge in [-0.05, 0) is 25.8 Å². The number of hydrogen-bond acceptors (Lipinski definition) is 2. The van der Waals surface area contributed by atoms with Gasteiger partial charge in [-0.1, -0.05) is 37.3 Å². The molecule has 0 unspecified atom stereocenters. The lowest BCUT2D eigenvalue weighted by atomic mass is 9.93. The zero-order valence-corrected chi connectivity index (χ0v) is 14.4. The molecule has 0 saturated carbocycles. The van der Waals surface area contributed by atoms with Gasteiger partial charge < -0.3 is 4.90 Å². The van der Waals surface area contributed by atoms with Gasteiger partial charge in [-0.25, -0.2) is 0 Å². The Morgan fingerprint density at radius 2 is 1.83 bits per heavy atom. The minimum atomic E-state index is -4.21. The van der Waals surface area contributed by atoms with Crippen molar-refractivity contribution in [2.75, 3.05) is 26.2 Å². The Labute approximate surface area is 141 Å². The molecule has 0 spiro atoms. The van der Waals surface area contributed by atoms with E-state index in [1.165, 1.54) is 4.90 Å². The minimum Gasteiger partial charge on any atom is -0.335 e. The molecule has 6 heteroatoms. The highest BCUT2D eigenvalue weighted by atomic mass is 19.4. The van der Waals surface area contributed by atoms with Gasteiger partial charge in [0.2, 0.25) is 5.91 Å². The zero-order chi connectivity index (χ0) is 18.0. The van der Waals surface area contributed by atoms with E-state index in [2.05, 4.69) is 0 Å². The number of benzene rings is 1. The highest BCUT2D eigenvalue weighted by molar-refractivity contribution is 5.79. The van der Waals surface area contributed by atoms with Gasteiger partial charge in [0.05, 0.1) is 6.54 Å². The van der Waals surface area contributed by atoms with Crippen LogP contribution in [0.15, 0.2) is 30.3 Å². The smallest absolute Gasteiger partial charge is 0.335 e. The lowest BCUT2D eigenvalue weighted by Gasteiger charge is -2.48. The first kappa shape index (κ1) is 18.8.